The summed E-state index contributed by atoms with van der Waals surface area (Å²) in [6, 6.07) is 3.29. The van der Waals surface area contributed by atoms with Gasteiger partial charge in [0.1, 0.15) is 6.07 Å². The first-order valence-electron chi connectivity index (χ1n) is 4.96. The highest BCUT2D eigenvalue weighted by molar-refractivity contribution is 7.95. The Morgan fingerprint density at radius 2 is 2.18 bits per heavy atom. The fraction of sp³-hybridized carbons (Fsp3) is 0.300. The van der Waals surface area contributed by atoms with Gasteiger partial charge in [0.05, 0.1) is 5.75 Å². The third kappa shape index (κ3) is 3.85. The van der Waals surface area contributed by atoms with E-state index in [0.717, 1.165) is 6.20 Å². The van der Waals surface area contributed by atoms with Crippen LogP contribution in [0.2, 0.25) is 0 Å². The number of sulfone groups is 1. The number of rotatable bonds is 5. The average Bonchev–Trinajstić information content (AvgIpc) is 2.30. The van der Waals surface area contributed by atoms with Crippen LogP contribution in [0.25, 0.3) is 0 Å². The van der Waals surface area contributed by atoms with E-state index in [4.69, 9.17) is 5.26 Å². The molecule has 0 aromatic carbocycles. The molecule has 7 heteroatoms. The molecule has 1 N–H and O–H groups in total. The number of hydrogen-bond acceptors (Lipinski definition) is 6. The van der Waals surface area contributed by atoms with Crippen molar-refractivity contribution in [3.8, 4) is 6.07 Å². The molecule has 0 fully saturated rings. The van der Waals surface area contributed by atoms with E-state index in [0.29, 0.717) is 6.42 Å². The fourth-order valence-corrected chi connectivity index (χ4v) is 2.21. The molecule has 17 heavy (non-hydrogen) atoms. The Labute approximate surface area is 99.9 Å². The molecule has 1 rings (SSSR count). The molecule has 0 amide bonds. The quantitative estimate of drug-likeness (QED) is 0.788. The van der Waals surface area contributed by atoms with Gasteiger partial charge in [-0.25, -0.2) is 18.4 Å². The standard InChI is InChI=1S/C10H12N4O2S/c1-2-6-17(15,16)9(7-11)8-14-10-12-4-3-5-13-10/h3-5,8H,2,6H2,1H3,(H,12,13,14)/b9-8+. The van der Waals surface area contributed by atoms with Crippen molar-refractivity contribution in [2.24, 2.45) is 0 Å². The summed E-state index contributed by atoms with van der Waals surface area (Å²) in [4.78, 5) is 7.37. The second-order valence-electron chi connectivity index (χ2n) is 3.16. The summed E-state index contributed by atoms with van der Waals surface area (Å²) in [6.07, 6.45) is 4.59. The van der Waals surface area contributed by atoms with Crippen LogP contribution in [0.3, 0.4) is 0 Å². The normalized spacial score (nSPS) is 11.9. The lowest BCUT2D eigenvalue weighted by molar-refractivity contribution is 0.601. The van der Waals surface area contributed by atoms with Crippen LogP contribution in [0.5, 0.6) is 0 Å². The summed E-state index contributed by atoms with van der Waals surface area (Å²) in [5.74, 6) is 0.191. The van der Waals surface area contributed by atoms with E-state index < -0.39 is 9.84 Å². The highest BCUT2D eigenvalue weighted by Crippen LogP contribution is 2.08. The molecule has 90 valence electrons. The Morgan fingerprint density at radius 1 is 1.53 bits per heavy atom. The predicted molar refractivity (Wildman–Crippen MR) is 63.4 cm³/mol. The van der Waals surface area contributed by atoms with Gasteiger partial charge in [-0.15, -0.1) is 0 Å². The highest BCUT2D eigenvalue weighted by atomic mass is 32.2. The number of allylic oxidation sites excluding steroid dienone is 1. The summed E-state index contributed by atoms with van der Waals surface area (Å²) in [5, 5.41) is 11.4. The Hall–Kier alpha value is -1.94. The van der Waals surface area contributed by atoms with Crippen LogP contribution < -0.4 is 5.32 Å². The highest BCUT2D eigenvalue weighted by Gasteiger charge is 2.16. The largest absolute Gasteiger partial charge is 0.329 e. The van der Waals surface area contributed by atoms with E-state index in [1.807, 2.05) is 0 Å². The first kappa shape index (κ1) is 13.1. The Kier molecular flexibility index (Phi) is 4.60. The maximum absolute atomic E-state index is 11.6. The molecule has 0 aliphatic carbocycles. The van der Waals surface area contributed by atoms with Crippen molar-refractivity contribution in [1.29, 1.82) is 5.26 Å². The Balaban J connectivity index is 2.87. The van der Waals surface area contributed by atoms with Gasteiger partial charge in [0.15, 0.2) is 14.7 Å². The van der Waals surface area contributed by atoms with Crippen LogP contribution >= 0.6 is 0 Å². The average molecular weight is 252 g/mol. The summed E-state index contributed by atoms with van der Waals surface area (Å²) < 4.78 is 23.2. The summed E-state index contributed by atoms with van der Waals surface area (Å²) >= 11 is 0. The predicted octanol–water partition coefficient (Wildman–Crippen LogP) is 1.08. The molecular formula is C10H12N4O2S. The molecule has 6 nitrogen and oxygen atoms in total. The minimum Gasteiger partial charge on any atom is -0.329 e. The van der Waals surface area contributed by atoms with Gasteiger partial charge in [-0.3, -0.25) is 0 Å². The van der Waals surface area contributed by atoms with Crippen LogP contribution in [0.15, 0.2) is 29.6 Å². The van der Waals surface area contributed by atoms with E-state index >= 15 is 0 Å². The molecule has 0 aliphatic heterocycles. The molecule has 1 aromatic rings. The zero-order chi connectivity index (χ0) is 12.7. The minimum atomic E-state index is -3.51. The van der Waals surface area contributed by atoms with Gasteiger partial charge in [0.2, 0.25) is 5.95 Å². The fourth-order valence-electron chi connectivity index (χ4n) is 1.07. The summed E-state index contributed by atoms with van der Waals surface area (Å²) in [6.45, 7) is 1.74. The van der Waals surface area contributed by atoms with Gasteiger partial charge >= 0.3 is 0 Å². The van der Waals surface area contributed by atoms with E-state index in [9.17, 15) is 8.42 Å². The van der Waals surface area contributed by atoms with E-state index in [-0.39, 0.29) is 16.6 Å². The summed E-state index contributed by atoms with van der Waals surface area (Å²) in [5.41, 5.74) is 0. The van der Waals surface area contributed by atoms with Gasteiger partial charge in [-0.2, -0.15) is 5.26 Å². The number of hydrogen-bond donors (Lipinski definition) is 1. The van der Waals surface area contributed by atoms with E-state index in [1.54, 1.807) is 19.1 Å². The first-order valence-corrected chi connectivity index (χ1v) is 6.62. The van der Waals surface area contributed by atoms with Gasteiger partial charge in [-0.05, 0) is 12.5 Å². The lowest BCUT2D eigenvalue weighted by atomic mass is 10.6. The van der Waals surface area contributed by atoms with Crippen LogP contribution in [0, 0.1) is 11.3 Å². The van der Waals surface area contributed by atoms with Crippen molar-refractivity contribution in [3.63, 3.8) is 0 Å². The zero-order valence-corrected chi connectivity index (χ0v) is 10.1. The molecule has 1 aromatic heterocycles. The van der Waals surface area contributed by atoms with Crippen LogP contribution in [0.4, 0.5) is 5.95 Å². The minimum absolute atomic E-state index is 0.0519. The first-order chi connectivity index (χ1) is 8.10. The van der Waals surface area contributed by atoms with Crippen molar-refractivity contribution in [1.82, 2.24) is 9.97 Å². The van der Waals surface area contributed by atoms with E-state index in [1.165, 1.54) is 12.4 Å². The Bertz CT molecular complexity index is 531. The third-order valence-corrected chi connectivity index (χ3v) is 3.64. The monoisotopic (exact) mass is 252 g/mol. The molecule has 0 spiro atoms. The SMILES string of the molecule is CCCS(=O)(=O)/C(C#N)=C/Nc1ncccn1. The molecular weight excluding hydrogens is 240 g/mol. The molecule has 1 heterocycles. The van der Waals surface area contributed by atoms with Gasteiger partial charge < -0.3 is 5.32 Å². The van der Waals surface area contributed by atoms with Crippen molar-refractivity contribution in [2.75, 3.05) is 11.1 Å². The van der Waals surface area contributed by atoms with Gasteiger partial charge in [0.25, 0.3) is 0 Å². The number of nitrogens with one attached hydrogen (secondary N) is 1. The maximum Gasteiger partial charge on any atom is 0.226 e. The summed E-state index contributed by atoms with van der Waals surface area (Å²) in [7, 11) is -3.51. The lowest BCUT2D eigenvalue weighted by Gasteiger charge is -2.01. The zero-order valence-electron chi connectivity index (χ0n) is 9.29. The van der Waals surface area contributed by atoms with Crippen LogP contribution in [-0.4, -0.2) is 24.1 Å². The number of nitriles is 1. The number of nitrogens with zero attached hydrogens (tertiary/aromatic N) is 3. The maximum atomic E-state index is 11.6. The van der Waals surface area contributed by atoms with Crippen LogP contribution in [0.1, 0.15) is 13.3 Å². The smallest absolute Gasteiger partial charge is 0.226 e. The number of aromatic nitrogens is 2. The second-order valence-corrected chi connectivity index (χ2v) is 5.23. The topological polar surface area (TPSA) is 95.7 Å². The molecule has 0 unspecified atom stereocenters. The second kappa shape index (κ2) is 5.96. The Morgan fingerprint density at radius 3 is 2.71 bits per heavy atom. The molecule has 0 saturated carbocycles. The van der Waals surface area contributed by atoms with Crippen LogP contribution in [-0.2, 0) is 9.84 Å². The van der Waals surface area contributed by atoms with E-state index in [2.05, 4.69) is 15.3 Å². The van der Waals surface area contributed by atoms with Crippen molar-refractivity contribution in [2.45, 2.75) is 13.3 Å². The molecule has 0 radical (unpaired) electrons. The molecule has 0 saturated heterocycles. The lowest BCUT2D eigenvalue weighted by Crippen LogP contribution is -2.09. The van der Waals surface area contributed by atoms with Crippen molar-refractivity contribution >= 4 is 15.8 Å². The van der Waals surface area contributed by atoms with Gasteiger partial charge in [-0.1, -0.05) is 6.92 Å². The van der Waals surface area contributed by atoms with Gasteiger partial charge in [0, 0.05) is 18.6 Å². The molecule has 0 bridgehead atoms. The molecule has 0 atom stereocenters. The number of anilines is 1. The molecule has 0 aliphatic rings. The third-order valence-electron chi connectivity index (χ3n) is 1.82. The van der Waals surface area contributed by atoms with Crippen molar-refractivity contribution in [3.05, 3.63) is 29.6 Å². The van der Waals surface area contributed by atoms with Crippen molar-refractivity contribution < 1.29 is 8.42 Å².